The molecule has 10 heteroatoms. The first-order valence-electron chi connectivity index (χ1n) is 11.9. The van der Waals surface area contributed by atoms with Crippen molar-refractivity contribution in [3.63, 3.8) is 0 Å². The van der Waals surface area contributed by atoms with E-state index >= 15 is 0 Å². The van der Waals surface area contributed by atoms with Gasteiger partial charge < -0.3 is 9.64 Å². The van der Waals surface area contributed by atoms with Gasteiger partial charge in [0, 0.05) is 38.2 Å². The lowest BCUT2D eigenvalue weighted by molar-refractivity contribution is -0.133. The molecule has 1 fully saturated rings. The van der Waals surface area contributed by atoms with E-state index in [1.54, 1.807) is 29.2 Å². The number of carbonyl (C=O) groups is 2. The second-order valence-corrected chi connectivity index (χ2v) is 10.6. The number of hydrogen-bond acceptors (Lipinski definition) is 7. The number of amides is 2. The number of benzene rings is 1. The lowest BCUT2D eigenvalue weighted by atomic mass is 10.0. The first-order valence-corrected chi connectivity index (χ1v) is 13.7. The zero-order valence-corrected chi connectivity index (χ0v) is 21.3. The van der Waals surface area contributed by atoms with E-state index in [0.717, 1.165) is 23.7 Å². The van der Waals surface area contributed by atoms with E-state index in [1.807, 2.05) is 29.0 Å². The Morgan fingerprint density at radius 1 is 1.06 bits per heavy atom. The van der Waals surface area contributed by atoms with E-state index in [0.29, 0.717) is 43.2 Å². The molecule has 1 atom stereocenters. The van der Waals surface area contributed by atoms with Crippen LogP contribution in [0.1, 0.15) is 32.6 Å². The van der Waals surface area contributed by atoms with Gasteiger partial charge in [0.25, 0.3) is 11.8 Å². The summed E-state index contributed by atoms with van der Waals surface area (Å²) in [5.41, 5.74) is 1.17. The third-order valence-corrected chi connectivity index (χ3v) is 8.15. The summed E-state index contributed by atoms with van der Waals surface area (Å²) in [6.45, 7) is 3.84. The van der Waals surface area contributed by atoms with Gasteiger partial charge in [-0.2, -0.15) is 5.10 Å². The van der Waals surface area contributed by atoms with Crippen molar-refractivity contribution in [1.82, 2.24) is 14.8 Å². The van der Waals surface area contributed by atoms with Crippen LogP contribution in [0.15, 0.2) is 64.4 Å². The molecular formula is C26H27FN4O3S2. The molecule has 0 saturated carbocycles. The Hall–Kier alpha value is -2.92. The van der Waals surface area contributed by atoms with Gasteiger partial charge in [0.1, 0.15) is 12.4 Å². The summed E-state index contributed by atoms with van der Waals surface area (Å²) < 4.78 is 20.2. The molecule has 1 aromatic carbocycles. The fourth-order valence-corrected chi connectivity index (χ4v) is 5.86. The van der Waals surface area contributed by atoms with E-state index in [1.165, 1.54) is 33.7 Å². The summed E-state index contributed by atoms with van der Waals surface area (Å²) in [7, 11) is 0. The van der Waals surface area contributed by atoms with Gasteiger partial charge >= 0.3 is 0 Å². The highest BCUT2D eigenvalue weighted by atomic mass is 32.1. The summed E-state index contributed by atoms with van der Waals surface area (Å²) in [5.74, 6) is -0.890. The molecule has 0 radical (unpaired) electrons. The van der Waals surface area contributed by atoms with Crippen molar-refractivity contribution in [1.29, 1.82) is 0 Å². The molecule has 7 nitrogen and oxygen atoms in total. The van der Waals surface area contributed by atoms with Crippen LogP contribution in [0.4, 0.5) is 4.39 Å². The van der Waals surface area contributed by atoms with Gasteiger partial charge in [-0.3, -0.25) is 14.5 Å². The maximum atomic E-state index is 14.8. The highest BCUT2D eigenvalue weighted by molar-refractivity contribution is 7.12. The Bertz CT molecular complexity index is 1210. The highest BCUT2D eigenvalue weighted by Gasteiger charge is 2.36. The van der Waals surface area contributed by atoms with Crippen molar-refractivity contribution in [2.45, 2.75) is 12.5 Å². The van der Waals surface area contributed by atoms with Crippen LogP contribution < -0.4 is 0 Å². The molecule has 0 unspecified atom stereocenters. The number of hydrogen-bond donors (Lipinski definition) is 0. The third kappa shape index (κ3) is 5.57. The molecule has 5 rings (SSSR count). The molecule has 2 aromatic heterocycles. The Balaban J connectivity index is 1.38. The molecule has 0 bridgehead atoms. The molecular weight excluding hydrogens is 499 g/mol. The summed E-state index contributed by atoms with van der Waals surface area (Å²) in [6.07, 6.45) is 0.417. The molecule has 36 heavy (non-hydrogen) atoms. The standard InChI is InChI=1S/C26H27FN4O3S2/c27-20-6-2-1-5-19(20)22-17-21(23-7-3-15-35-23)28-31(22)25(32)18-30(26(33)24-8-4-16-36-24)10-9-29-11-13-34-14-12-29/h1-8,15-16,22H,9-14,17-18H2/t22-/m1/s1. The zero-order valence-electron chi connectivity index (χ0n) is 19.7. The smallest absolute Gasteiger partial charge is 0.264 e. The van der Waals surface area contributed by atoms with Crippen LogP contribution >= 0.6 is 22.7 Å². The highest BCUT2D eigenvalue weighted by Crippen LogP contribution is 2.35. The largest absolute Gasteiger partial charge is 0.379 e. The first kappa shape index (κ1) is 24.8. The van der Waals surface area contributed by atoms with Crippen LogP contribution in [-0.4, -0.2) is 78.3 Å². The number of rotatable bonds is 8. The minimum atomic E-state index is -0.561. The number of carbonyl (C=O) groups excluding carboxylic acids is 2. The minimum Gasteiger partial charge on any atom is -0.379 e. The summed E-state index contributed by atoms with van der Waals surface area (Å²) >= 11 is 2.89. The minimum absolute atomic E-state index is 0.132. The van der Waals surface area contributed by atoms with E-state index in [-0.39, 0.29) is 24.2 Å². The number of ether oxygens (including phenoxy) is 1. The summed E-state index contributed by atoms with van der Waals surface area (Å²) in [6, 6.07) is 13.4. The molecule has 2 amide bonds. The fourth-order valence-electron chi connectivity index (χ4n) is 4.45. The van der Waals surface area contributed by atoms with Gasteiger partial charge in [-0.25, -0.2) is 9.40 Å². The lowest BCUT2D eigenvalue weighted by Gasteiger charge is -2.31. The molecule has 3 aromatic rings. The molecule has 0 aliphatic carbocycles. The Morgan fingerprint density at radius 3 is 2.56 bits per heavy atom. The summed E-state index contributed by atoms with van der Waals surface area (Å²) in [4.78, 5) is 32.3. The average Bonchev–Trinajstić information content (AvgIpc) is 3.68. The van der Waals surface area contributed by atoms with E-state index < -0.39 is 6.04 Å². The second kappa shape index (κ2) is 11.4. The van der Waals surface area contributed by atoms with Gasteiger partial charge in [0.2, 0.25) is 0 Å². The summed E-state index contributed by atoms with van der Waals surface area (Å²) in [5, 5.41) is 9.81. The zero-order chi connectivity index (χ0) is 24.9. The number of morpholine rings is 1. The van der Waals surface area contributed by atoms with Gasteiger partial charge in [-0.1, -0.05) is 30.3 Å². The monoisotopic (exact) mass is 526 g/mol. The van der Waals surface area contributed by atoms with Crippen molar-refractivity contribution >= 4 is 40.2 Å². The molecule has 188 valence electrons. The Labute approximate surface area is 217 Å². The maximum Gasteiger partial charge on any atom is 0.264 e. The van der Waals surface area contributed by atoms with E-state index in [4.69, 9.17) is 4.74 Å². The van der Waals surface area contributed by atoms with Gasteiger partial charge in [0.05, 0.1) is 34.7 Å². The van der Waals surface area contributed by atoms with E-state index in [9.17, 15) is 14.0 Å². The molecule has 0 N–H and O–H groups in total. The predicted molar refractivity (Wildman–Crippen MR) is 139 cm³/mol. The molecule has 2 aliphatic rings. The van der Waals surface area contributed by atoms with Crippen molar-refractivity contribution < 1.29 is 18.7 Å². The van der Waals surface area contributed by atoms with Gasteiger partial charge in [-0.15, -0.1) is 22.7 Å². The topological polar surface area (TPSA) is 65.5 Å². The van der Waals surface area contributed by atoms with Crippen molar-refractivity contribution in [3.05, 3.63) is 80.4 Å². The van der Waals surface area contributed by atoms with Crippen LogP contribution in [-0.2, 0) is 9.53 Å². The van der Waals surface area contributed by atoms with Crippen molar-refractivity contribution in [2.75, 3.05) is 45.9 Å². The third-order valence-electron chi connectivity index (χ3n) is 6.37. The molecule has 4 heterocycles. The molecule has 0 spiro atoms. The lowest BCUT2D eigenvalue weighted by Crippen LogP contribution is -2.46. The second-order valence-electron chi connectivity index (χ2n) is 8.66. The number of halogens is 1. The molecule has 2 aliphatic heterocycles. The number of hydrazone groups is 1. The molecule has 1 saturated heterocycles. The van der Waals surface area contributed by atoms with Gasteiger partial charge in [0.15, 0.2) is 0 Å². The number of thiophene rings is 2. The van der Waals surface area contributed by atoms with Crippen molar-refractivity contribution in [3.8, 4) is 0 Å². The van der Waals surface area contributed by atoms with Crippen LogP contribution in [0, 0.1) is 5.82 Å². The SMILES string of the molecule is O=C(c1cccs1)N(CCN1CCOCC1)CC(=O)N1N=C(c2cccs2)C[C@@H]1c1ccccc1F. The van der Waals surface area contributed by atoms with E-state index in [2.05, 4.69) is 10.0 Å². The average molecular weight is 527 g/mol. The Kier molecular flexibility index (Phi) is 7.86. The Morgan fingerprint density at radius 2 is 1.83 bits per heavy atom. The van der Waals surface area contributed by atoms with Crippen LogP contribution in [0.2, 0.25) is 0 Å². The fraction of sp³-hybridized carbons (Fsp3) is 0.346. The van der Waals surface area contributed by atoms with Crippen molar-refractivity contribution in [2.24, 2.45) is 5.10 Å². The predicted octanol–water partition coefficient (Wildman–Crippen LogP) is 4.10. The van der Waals surface area contributed by atoms with Crippen LogP contribution in [0.3, 0.4) is 0 Å². The van der Waals surface area contributed by atoms with Crippen LogP contribution in [0.25, 0.3) is 0 Å². The van der Waals surface area contributed by atoms with Gasteiger partial charge in [-0.05, 0) is 29.0 Å². The quantitative estimate of drug-likeness (QED) is 0.443. The first-order chi connectivity index (χ1) is 17.6. The van der Waals surface area contributed by atoms with Crippen LogP contribution in [0.5, 0.6) is 0 Å². The maximum absolute atomic E-state index is 14.8. The normalized spacial score (nSPS) is 18.3. The number of nitrogens with zero attached hydrogens (tertiary/aromatic N) is 4.